The molecule has 0 atom stereocenters. The van der Waals surface area contributed by atoms with Crippen molar-refractivity contribution in [2.24, 2.45) is 5.73 Å². The number of nitrogens with one attached hydrogen (secondary N) is 1. The molecule has 0 saturated heterocycles. The van der Waals surface area contributed by atoms with Crippen LogP contribution in [0.1, 0.15) is 23.5 Å². The number of hydrogen-bond acceptors (Lipinski definition) is 5. The molecule has 0 amide bonds. The van der Waals surface area contributed by atoms with E-state index in [4.69, 9.17) is 5.73 Å². The molecule has 7 heteroatoms. The number of hydrogen-bond donors (Lipinski definition) is 2. The minimum Gasteiger partial charge on any atom is -0.330 e. The van der Waals surface area contributed by atoms with Crippen LogP contribution < -0.4 is 11.3 Å². The number of aromatic nitrogens is 2. The van der Waals surface area contributed by atoms with Crippen LogP contribution in [0.15, 0.2) is 4.79 Å². The molecule has 0 unspecified atom stereocenters. The molecule has 3 N–H and O–H groups in total. The van der Waals surface area contributed by atoms with Crippen LogP contribution in [0.4, 0.5) is 0 Å². The van der Waals surface area contributed by atoms with Crippen molar-refractivity contribution in [2.45, 2.75) is 24.3 Å². The highest BCUT2D eigenvalue weighted by Crippen LogP contribution is 2.19. The van der Waals surface area contributed by atoms with Crippen LogP contribution in [0.25, 0.3) is 0 Å². The van der Waals surface area contributed by atoms with Crippen LogP contribution in [0.5, 0.6) is 0 Å². The SMILES string of the molecule is NCCCc1nc2c(c(=O)[nH]1)CS(=O)(=O)C2. The van der Waals surface area contributed by atoms with Gasteiger partial charge < -0.3 is 10.7 Å². The Hall–Kier alpha value is -1.21. The van der Waals surface area contributed by atoms with E-state index in [0.717, 1.165) is 0 Å². The summed E-state index contributed by atoms with van der Waals surface area (Å²) in [6.07, 6.45) is 1.29. The van der Waals surface area contributed by atoms with Gasteiger partial charge in [-0.25, -0.2) is 13.4 Å². The zero-order chi connectivity index (χ0) is 11.8. The van der Waals surface area contributed by atoms with Gasteiger partial charge in [0.25, 0.3) is 5.56 Å². The van der Waals surface area contributed by atoms with Crippen molar-refractivity contribution in [2.75, 3.05) is 6.54 Å². The summed E-state index contributed by atoms with van der Waals surface area (Å²) in [5.74, 6) is 0.204. The fraction of sp³-hybridized carbons (Fsp3) is 0.556. The summed E-state index contributed by atoms with van der Waals surface area (Å²) in [4.78, 5) is 18.3. The van der Waals surface area contributed by atoms with Crippen LogP contribution in [0, 0.1) is 0 Å². The number of fused-ring (bicyclic) bond motifs is 1. The van der Waals surface area contributed by atoms with Gasteiger partial charge in [-0.2, -0.15) is 0 Å². The molecule has 6 nitrogen and oxygen atoms in total. The Morgan fingerprint density at radius 1 is 1.38 bits per heavy atom. The monoisotopic (exact) mass is 243 g/mol. The van der Waals surface area contributed by atoms with Crippen molar-refractivity contribution in [1.82, 2.24) is 9.97 Å². The Morgan fingerprint density at radius 2 is 2.12 bits per heavy atom. The molecule has 1 aliphatic rings. The number of sulfone groups is 1. The number of aryl methyl sites for hydroxylation is 1. The van der Waals surface area contributed by atoms with Gasteiger partial charge in [0.2, 0.25) is 0 Å². The van der Waals surface area contributed by atoms with Gasteiger partial charge in [-0.15, -0.1) is 0 Å². The molecule has 2 heterocycles. The van der Waals surface area contributed by atoms with E-state index in [2.05, 4.69) is 9.97 Å². The highest BCUT2D eigenvalue weighted by molar-refractivity contribution is 7.90. The molecule has 1 aromatic heterocycles. The first kappa shape index (κ1) is 11.3. The van der Waals surface area contributed by atoms with E-state index in [0.29, 0.717) is 30.9 Å². The van der Waals surface area contributed by atoms with Crippen LogP contribution in [0.2, 0.25) is 0 Å². The predicted molar refractivity (Wildman–Crippen MR) is 58.6 cm³/mol. The molecule has 0 radical (unpaired) electrons. The summed E-state index contributed by atoms with van der Waals surface area (Å²) in [5.41, 5.74) is 5.71. The summed E-state index contributed by atoms with van der Waals surface area (Å²) >= 11 is 0. The molecule has 1 aromatic rings. The highest BCUT2D eigenvalue weighted by atomic mass is 32.2. The molecule has 0 aliphatic carbocycles. The first-order valence-corrected chi connectivity index (χ1v) is 6.85. The number of aromatic amines is 1. The number of rotatable bonds is 3. The predicted octanol–water partition coefficient (Wildman–Crippen LogP) is -0.910. The average molecular weight is 243 g/mol. The first-order valence-electron chi connectivity index (χ1n) is 5.03. The number of nitrogens with two attached hydrogens (primary N) is 1. The minimum atomic E-state index is -3.17. The van der Waals surface area contributed by atoms with E-state index in [9.17, 15) is 13.2 Å². The maximum absolute atomic E-state index is 11.6. The Bertz CT molecular complexity index is 562. The van der Waals surface area contributed by atoms with E-state index in [1.54, 1.807) is 0 Å². The first-order chi connectivity index (χ1) is 7.52. The molecule has 0 spiro atoms. The van der Waals surface area contributed by atoms with E-state index in [1.807, 2.05) is 0 Å². The van der Waals surface area contributed by atoms with E-state index < -0.39 is 9.84 Å². The maximum atomic E-state index is 11.6. The van der Waals surface area contributed by atoms with Crippen LogP contribution >= 0.6 is 0 Å². The Kier molecular flexibility index (Phi) is 2.81. The van der Waals surface area contributed by atoms with Gasteiger partial charge in [0, 0.05) is 6.42 Å². The van der Waals surface area contributed by atoms with Crippen molar-refractivity contribution in [3.05, 3.63) is 27.4 Å². The Morgan fingerprint density at radius 3 is 2.81 bits per heavy atom. The van der Waals surface area contributed by atoms with E-state index in [1.165, 1.54) is 0 Å². The lowest BCUT2D eigenvalue weighted by Gasteiger charge is -2.01. The van der Waals surface area contributed by atoms with Crippen molar-refractivity contribution in [1.29, 1.82) is 0 Å². The summed E-state index contributed by atoms with van der Waals surface area (Å²) in [6.45, 7) is 0.513. The van der Waals surface area contributed by atoms with Gasteiger partial charge in [0.05, 0.1) is 22.8 Å². The maximum Gasteiger partial charge on any atom is 0.255 e. The third-order valence-electron chi connectivity index (χ3n) is 2.49. The lowest BCUT2D eigenvalue weighted by Crippen LogP contribution is -2.17. The molecule has 1 aliphatic heterocycles. The summed E-state index contributed by atoms with van der Waals surface area (Å²) in [5, 5.41) is 0. The van der Waals surface area contributed by atoms with Crippen molar-refractivity contribution >= 4 is 9.84 Å². The second-order valence-corrected chi connectivity index (χ2v) is 5.93. The normalized spacial score (nSPS) is 17.3. The largest absolute Gasteiger partial charge is 0.330 e. The highest BCUT2D eigenvalue weighted by Gasteiger charge is 2.28. The summed E-state index contributed by atoms with van der Waals surface area (Å²) < 4.78 is 22.7. The molecule has 0 fully saturated rings. The molecule has 16 heavy (non-hydrogen) atoms. The molecular formula is C9H13N3O3S. The smallest absolute Gasteiger partial charge is 0.255 e. The second-order valence-electron chi connectivity index (χ2n) is 3.86. The van der Waals surface area contributed by atoms with Crippen molar-refractivity contribution in [3.63, 3.8) is 0 Å². The Balaban J connectivity index is 2.38. The molecule has 0 bridgehead atoms. The van der Waals surface area contributed by atoms with Crippen LogP contribution in [-0.4, -0.2) is 24.9 Å². The zero-order valence-electron chi connectivity index (χ0n) is 8.69. The third kappa shape index (κ3) is 2.14. The minimum absolute atomic E-state index is 0.123. The topological polar surface area (TPSA) is 106 Å². The standard InChI is InChI=1S/C9H13N3O3S/c10-3-1-2-8-11-7-5-16(14,15)4-6(7)9(13)12-8/h1-5,10H2,(H,11,12,13). The molecule has 2 rings (SSSR count). The van der Waals surface area contributed by atoms with Gasteiger partial charge in [-0.1, -0.05) is 0 Å². The van der Waals surface area contributed by atoms with Crippen LogP contribution in [0.3, 0.4) is 0 Å². The average Bonchev–Trinajstić information content (AvgIpc) is 2.50. The van der Waals surface area contributed by atoms with Gasteiger partial charge in [-0.3, -0.25) is 4.79 Å². The lowest BCUT2D eigenvalue weighted by atomic mass is 10.2. The van der Waals surface area contributed by atoms with E-state index in [-0.39, 0.29) is 22.6 Å². The summed E-state index contributed by atoms with van der Waals surface area (Å²) in [7, 11) is -3.17. The Labute approximate surface area is 92.8 Å². The van der Waals surface area contributed by atoms with Crippen molar-refractivity contribution < 1.29 is 8.42 Å². The van der Waals surface area contributed by atoms with Gasteiger partial charge >= 0.3 is 0 Å². The molecular weight excluding hydrogens is 230 g/mol. The lowest BCUT2D eigenvalue weighted by molar-refractivity contribution is 0.597. The fourth-order valence-corrected chi connectivity index (χ4v) is 3.23. The molecule has 88 valence electrons. The summed E-state index contributed by atoms with van der Waals surface area (Å²) in [6, 6.07) is 0. The van der Waals surface area contributed by atoms with Gasteiger partial charge in [0.15, 0.2) is 9.84 Å². The molecule has 0 aromatic carbocycles. The third-order valence-corrected chi connectivity index (χ3v) is 3.93. The quantitative estimate of drug-likeness (QED) is 0.715. The van der Waals surface area contributed by atoms with E-state index >= 15 is 0 Å². The number of H-pyrrole nitrogens is 1. The fourth-order valence-electron chi connectivity index (χ4n) is 1.73. The molecule has 0 saturated carbocycles. The van der Waals surface area contributed by atoms with Crippen LogP contribution in [-0.2, 0) is 27.8 Å². The van der Waals surface area contributed by atoms with Crippen molar-refractivity contribution in [3.8, 4) is 0 Å². The second kappa shape index (κ2) is 3.99. The van der Waals surface area contributed by atoms with Gasteiger partial charge in [-0.05, 0) is 13.0 Å². The zero-order valence-corrected chi connectivity index (χ0v) is 9.51. The number of nitrogens with zero attached hydrogens (tertiary/aromatic N) is 1. The van der Waals surface area contributed by atoms with Gasteiger partial charge in [0.1, 0.15) is 5.82 Å².